The van der Waals surface area contributed by atoms with Crippen molar-refractivity contribution in [3.63, 3.8) is 0 Å². The maximum absolute atomic E-state index is 9.58. The summed E-state index contributed by atoms with van der Waals surface area (Å²) in [5.41, 5.74) is 0.754. The first-order chi connectivity index (χ1) is 7.15. The zero-order valence-electron chi connectivity index (χ0n) is 8.70. The average molecular weight is 205 g/mol. The van der Waals surface area contributed by atoms with Crippen LogP contribution in [0.4, 0.5) is 0 Å². The Morgan fingerprint density at radius 2 is 2.20 bits per heavy atom. The Morgan fingerprint density at radius 3 is 2.80 bits per heavy atom. The van der Waals surface area contributed by atoms with Crippen molar-refractivity contribution in [2.24, 2.45) is 0 Å². The quantitative estimate of drug-likeness (QED) is 0.518. The minimum atomic E-state index is 0.0129. The highest BCUT2D eigenvalue weighted by Crippen LogP contribution is 2.27. The largest absolute Gasteiger partial charge is 0.508 e. The molecule has 0 saturated carbocycles. The van der Waals surface area contributed by atoms with Gasteiger partial charge < -0.3 is 15.5 Å². The molecule has 3 N–H and O–H groups in total. The molecule has 15 heavy (non-hydrogen) atoms. The lowest BCUT2D eigenvalue weighted by Gasteiger charge is -2.14. The predicted octanol–water partition coefficient (Wildman–Crippen LogP) is 1.77. The van der Waals surface area contributed by atoms with E-state index in [0.717, 1.165) is 5.56 Å². The second kappa shape index (κ2) is 5.28. The van der Waals surface area contributed by atoms with Crippen LogP contribution in [0.5, 0.6) is 11.5 Å². The second-order valence-corrected chi connectivity index (χ2v) is 3.37. The van der Waals surface area contributed by atoms with E-state index in [1.165, 1.54) is 6.07 Å². The predicted molar refractivity (Wildman–Crippen MR) is 59.6 cm³/mol. The van der Waals surface area contributed by atoms with Crippen LogP contribution >= 0.6 is 0 Å². The molecule has 0 bridgehead atoms. The molecule has 80 valence electrons. The molecule has 1 atom stereocenters. The summed E-state index contributed by atoms with van der Waals surface area (Å²) in [6, 6.07) is 4.58. The smallest absolute Gasteiger partial charge is 0.124 e. The summed E-state index contributed by atoms with van der Waals surface area (Å²) < 4.78 is 0. The van der Waals surface area contributed by atoms with Gasteiger partial charge in [-0.05, 0) is 13.0 Å². The van der Waals surface area contributed by atoms with Crippen LogP contribution in [0.15, 0.2) is 18.2 Å². The molecule has 3 heteroatoms. The van der Waals surface area contributed by atoms with E-state index in [1.807, 2.05) is 6.92 Å². The number of nitrogens with one attached hydrogen (secondary N) is 1. The molecule has 0 amide bonds. The molecule has 1 aromatic carbocycles. The molecule has 0 radical (unpaired) electrons. The van der Waals surface area contributed by atoms with Crippen LogP contribution in [0.25, 0.3) is 0 Å². The third-order valence-electron chi connectivity index (χ3n) is 2.20. The van der Waals surface area contributed by atoms with E-state index in [4.69, 9.17) is 11.5 Å². The van der Waals surface area contributed by atoms with Crippen LogP contribution in [-0.2, 0) is 0 Å². The fourth-order valence-corrected chi connectivity index (χ4v) is 1.37. The molecule has 0 aliphatic carbocycles. The molecule has 3 nitrogen and oxygen atoms in total. The Kier molecular flexibility index (Phi) is 4.02. The number of terminal acetylenes is 1. The van der Waals surface area contributed by atoms with Gasteiger partial charge in [0.1, 0.15) is 11.5 Å². The first-order valence-corrected chi connectivity index (χ1v) is 4.84. The summed E-state index contributed by atoms with van der Waals surface area (Å²) in [7, 11) is 0. The van der Waals surface area contributed by atoms with Gasteiger partial charge in [-0.1, -0.05) is 6.07 Å². The molecular formula is C12H15NO2. The highest BCUT2D eigenvalue weighted by Gasteiger charge is 2.09. The van der Waals surface area contributed by atoms with Crippen LogP contribution in [0.3, 0.4) is 0 Å². The molecular weight excluding hydrogens is 190 g/mol. The van der Waals surface area contributed by atoms with Gasteiger partial charge in [-0.15, -0.1) is 12.3 Å². The van der Waals surface area contributed by atoms with Crippen molar-refractivity contribution in [3.8, 4) is 23.8 Å². The normalized spacial score (nSPS) is 12.0. The minimum absolute atomic E-state index is 0.0129. The first kappa shape index (κ1) is 11.4. The van der Waals surface area contributed by atoms with Gasteiger partial charge in [0.05, 0.1) is 0 Å². The topological polar surface area (TPSA) is 52.5 Å². The molecule has 1 aromatic rings. The molecule has 0 aromatic heterocycles. The zero-order valence-corrected chi connectivity index (χ0v) is 8.70. The van der Waals surface area contributed by atoms with Crippen LogP contribution < -0.4 is 5.32 Å². The molecule has 0 saturated heterocycles. The zero-order chi connectivity index (χ0) is 11.3. The van der Waals surface area contributed by atoms with Gasteiger partial charge in [0.2, 0.25) is 0 Å². The Morgan fingerprint density at radius 1 is 1.47 bits per heavy atom. The van der Waals surface area contributed by atoms with Crippen molar-refractivity contribution in [1.82, 2.24) is 5.32 Å². The van der Waals surface area contributed by atoms with E-state index in [2.05, 4.69) is 11.2 Å². The van der Waals surface area contributed by atoms with Crippen molar-refractivity contribution in [2.45, 2.75) is 19.4 Å². The Labute approximate surface area is 89.8 Å². The third kappa shape index (κ3) is 3.19. The number of hydrogen-bond acceptors (Lipinski definition) is 3. The Balaban J connectivity index is 2.66. The van der Waals surface area contributed by atoms with E-state index in [0.29, 0.717) is 13.0 Å². The molecule has 1 rings (SSSR count). The molecule has 0 fully saturated rings. The maximum atomic E-state index is 9.58. The number of phenolic OH excluding ortho intramolecular Hbond substituents is 2. The molecule has 1 unspecified atom stereocenters. The Bertz CT molecular complexity index is 368. The van der Waals surface area contributed by atoms with E-state index < -0.39 is 0 Å². The van der Waals surface area contributed by atoms with E-state index in [1.54, 1.807) is 12.1 Å². The lowest BCUT2D eigenvalue weighted by molar-refractivity contribution is 0.437. The highest BCUT2D eigenvalue weighted by molar-refractivity contribution is 5.40. The lowest BCUT2D eigenvalue weighted by Crippen LogP contribution is -2.19. The summed E-state index contributed by atoms with van der Waals surface area (Å²) in [4.78, 5) is 0. The summed E-state index contributed by atoms with van der Waals surface area (Å²) >= 11 is 0. The van der Waals surface area contributed by atoms with Gasteiger partial charge in [0.15, 0.2) is 0 Å². The highest BCUT2D eigenvalue weighted by atomic mass is 16.3. The molecule has 0 aliphatic rings. The third-order valence-corrected chi connectivity index (χ3v) is 2.20. The van der Waals surface area contributed by atoms with Crippen molar-refractivity contribution in [2.75, 3.05) is 6.54 Å². The van der Waals surface area contributed by atoms with Gasteiger partial charge in [-0.25, -0.2) is 0 Å². The van der Waals surface area contributed by atoms with Crippen molar-refractivity contribution in [1.29, 1.82) is 0 Å². The monoisotopic (exact) mass is 205 g/mol. The van der Waals surface area contributed by atoms with Crippen molar-refractivity contribution >= 4 is 0 Å². The number of aromatic hydroxyl groups is 2. The van der Waals surface area contributed by atoms with Gasteiger partial charge >= 0.3 is 0 Å². The van der Waals surface area contributed by atoms with Gasteiger partial charge in [-0.2, -0.15) is 0 Å². The second-order valence-electron chi connectivity index (χ2n) is 3.37. The van der Waals surface area contributed by atoms with Crippen molar-refractivity contribution in [3.05, 3.63) is 23.8 Å². The molecule has 0 heterocycles. The number of hydrogen-bond donors (Lipinski definition) is 3. The summed E-state index contributed by atoms with van der Waals surface area (Å²) in [6.07, 6.45) is 5.79. The van der Waals surface area contributed by atoms with E-state index in [-0.39, 0.29) is 17.5 Å². The van der Waals surface area contributed by atoms with Crippen LogP contribution in [0, 0.1) is 12.3 Å². The van der Waals surface area contributed by atoms with E-state index >= 15 is 0 Å². The SMILES string of the molecule is C#CCCNC(C)c1ccc(O)cc1O. The lowest BCUT2D eigenvalue weighted by atomic mass is 10.1. The van der Waals surface area contributed by atoms with Crippen LogP contribution in [-0.4, -0.2) is 16.8 Å². The van der Waals surface area contributed by atoms with Gasteiger partial charge in [0, 0.05) is 30.6 Å². The summed E-state index contributed by atoms with van der Waals surface area (Å²) in [6.45, 7) is 2.64. The molecule has 0 aliphatic heterocycles. The summed E-state index contributed by atoms with van der Waals surface area (Å²) in [5, 5.41) is 21.9. The van der Waals surface area contributed by atoms with Crippen molar-refractivity contribution < 1.29 is 10.2 Å². The number of phenols is 2. The fraction of sp³-hybridized carbons (Fsp3) is 0.333. The van der Waals surface area contributed by atoms with Crippen LogP contribution in [0.2, 0.25) is 0 Å². The number of rotatable bonds is 4. The summed E-state index contributed by atoms with van der Waals surface area (Å²) in [5.74, 6) is 2.69. The van der Waals surface area contributed by atoms with Crippen LogP contribution in [0.1, 0.15) is 24.9 Å². The van der Waals surface area contributed by atoms with Gasteiger partial charge in [-0.3, -0.25) is 0 Å². The average Bonchev–Trinajstić information content (AvgIpc) is 2.17. The fourth-order valence-electron chi connectivity index (χ4n) is 1.37. The minimum Gasteiger partial charge on any atom is -0.508 e. The maximum Gasteiger partial charge on any atom is 0.124 e. The first-order valence-electron chi connectivity index (χ1n) is 4.84. The van der Waals surface area contributed by atoms with E-state index in [9.17, 15) is 5.11 Å². The standard InChI is InChI=1S/C12H15NO2/c1-3-4-7-13-9(2)11-6-5-10(14)8-12(11)15/h1,5-6,8-9,13-15H,4,7H2,2H3. The number of benzene rings is 1. The Hall–Kier alpha value is -1.66. The molecule has 0 spiro atoms. The van der Waals surface area contributed by atoms with Gasteiger partial charge in [0.25, 0.3) is 0 Å².